The van der Waals surface area contributed by atoms with Crippen LogP contribution in [0.4, 0.5) is 5.13 Å². The summed E-state index contributed by atoms with van der Waals surface area (Å²) in [4.78, 5) is 16.9. The highest BCUT2D eigenvalue weighted by Gasteiger charge is 2.25. The van der Waals surface area contributed by atoms with Gasteiger partial charge in [-0.15, -0.1) is 11.3 Å². The summed E-state index contributed by atoms with van der Waals surface area (Å²) in [5, 5.41) is 10.6. The molecule has 5 nitrogen and oxygen atoms in total. The van der Waals surface area contributed by atoms with Crippen LogP contribution in [0, 0.1) is 0 Å². The largest absolute Gasteiger partial charge is 0.296 e. The van der Waals surface area contributed by atoms with E-state index in [2.05, 4.69) is 15.4 Å². The molecule has 0 saturated carbocycles. The van der Waals surface area contributed by atoms with Crippen molar-refractivity contribution in [2.24, 2.45) is 0 Å². The molecule has 0 atom stereocenters. The van der Waals surface area contributed by atoms with E-state index in [4.69, 9.17) is 11.6 Å². The first-order chi connectivity index (χ1) is 12.2. The van der Waals surface area contributed by atoms with Crippen LogP contribution in [0.3, 0.4) is 0 Å². The molecule has 3 aromatic rings. The van der Waals surface area contributed by atoms with Crippen LogP contribution in [-0.4, -0.2) is 20.7 Å². The zero-order chi connectivity index (χ0) is 17.2. The number of anilines is 1. The third kappa shape index (κ3) is 3.32. The number of carbonyl (C=O) groups excluding carboxylic acids is 1. The van der Waals surface area contributed by atoms with Gasteiger partial charge in [0.25, 0.3) is 5.91 Å². The lowest BCUT2D eigenvalue weighted by molar-refractivity contribution is 0.102. The summed E-state index contributed by atoms with van der Waals surface area (Å²) in [6.45, 7) is 0. The highest BCUT2D eigenvalue weighted by atomic mass is 35.5. The lowest BCUT2D eigenvalue weighted by atomic mass is 10.1. The Morgan fingerprint density at radius 2 is 1.96 bits per heavy atom. The molecule has 1 aliphatic rings. The smallest absolute Gasteiger partial charge is 0.278 e. The lowest BCUT2D eigenvalue weighted by Crippen LogP contribution is -2.14. The molecule has 2 heterocycles. The Hall–Kier alpha value is -2.18. The topological polar surface area (TPSA) is 59.8 Å². The normalized spacial score (nSPS) is 14.0. The van der Waals surface area contributed by atoms with E-state index in [0.29, 0.717) is 15.8 Å². The van der Waals surface area contributed by atoms with Crippen LogP contribution in [0.1, 0.15) is 41.0 Å². The Bertz CT molecular complexity index is 887. The molecule has 0 radical (unpaired) electrons. The van der Waals surface area contributed by atoms with Crippen molar-refractivity contribution in [2.45, 2.75) is 32.1 Å². The van der Waals surface area contributed by atoms with Crippen molar-refractivity contribution in [2.75, 3.05) is 5.32 Å². The van der Waals surface area contributed by atoms with Crippen molar-refractivity contribution >= 4 is 34.0 Å². The second-order valence-electron chi connectivity index (χ2n) is 6.01. The Labute approximate surface area is 154 Å². The molecule has 1 aliphatic carbocycles. The summed E-state index contributed by atoms with van der Waals surface area (Å²) in [5.41, 5.74) is 3.61. The number of fused-ring (bicyclic) bond motifs is 1. The molecule has 0 unspecified atom stereocenters. The van der Waals surface area contributed by atoms with Crippen LogP contribution in [-0.2, 0) is 12.8 Å². The third-order valence-electron chi connectivity index (χ3n) is 4.37. The Morgan fingerprint density at radius 1 is 1.16 bits per heavy atom. The number of nitrogens with one attached hydrogen (secondary N) is 1. The number of amides is 1. The van der Waals surface area contributed by atoms with Crippen molar-refractivity contribution in [3.63, 3.8) is 0 Å². The predicted molar refractivity (Wildman–Crippen MR) is 99.9 cm³/mol. The highest BCUT2D eigenvalue weighted by molar-refractivity contribution is 7.13. The van der Waals surface area contributed by atoms with Gasteiger partial charge in [0.15, 0.2) is 10.8 Å². The molecule has 128 valence electrons. The fraction of sp³-hybridized carbons (Fsp3) is 0.278. The summed E-state index contributed by atoms with van der Waals surface area (Å²) < 4.78 is 1.90. The van der Waals surface area contributed by atoms with Gasteiger partial charge in [-0.3, -0.25) is 10.1 Å². The minimum atomic E-state index is -0.194. The molecule has 2 aromatic heterocycles. The lowest BCUT2D eigenvalue weighted by Gasteiger charge is -2.07. The van der Waals surface area contributed by atoms with Gasteiger partial charge in [0.05, 0.1) is 5.69 Å². The van der Waals surface area contributed by atoms with Crippen molar-refractivity contribution in [1.82, 2.24) is 14.8 Å². The molecule has 1 aromatic carbocycles. The zero-order valence-electron chi connectivity index (χ0n) is 13.5. The number of aromatic nitrogens is 3. The molecule has 4 rings (SSSR count). The average Bonchev–Trinajstić information content (AvgIpc) is 3.17. The van der Waals surface area contributed by atoms with Gasteiger partial charge in [-0.25, -0.2) is 9.67 Å². The summed E-state index contributed by atoms with van der Waals surface area (Å²) in [5.74, 6) is -0.194. The van der Waals surface area contributed by atoms with E-state index in [-0.39, 0.29) is 5.91 Å². The fourth-order valence-electron chi connectivity index (χ4n) is 3.20. The third-order valence-corrected chi connectivity index (χ3v) is 5.31. The average molecular weight is 373 g/mol. The van der Waals surface area contributed by atoms with Crippen molar-refractivity contribution < 1.29 is 4.79 Å². The summed E-state index contributed by atoms with van der Waals surface area (Å²) in [6.07, 6.45) is 6.84. The first kappa shape index (κ1) is 16.3. The number of halogens is 1. The molecule has 0 aliphatic heterocycles. The van der Waals surface area contributed by atoms with E-state index >= 15 is 0 Å². The van der Waals surface area contributed by atoms with Crippen molar-refractivity contribution in [3.8, 4) is 5.69 Å². The van der Waals surface area contributed by atoms with E-state index < -0.39 is 0 Å². The number of nitrogens with zero attached hydrogens (tertiary/aromatic N) is 3. The molecular weight excluding hydrogens is 356 g/mol. The number of thiazole rings is 1. The van der Waals surface area contributed by atoms with E-state index in [1.165, 1.54) is 17.8 Å². The molecule has 1 N–H and O–H groups in total. The summed E-state index contributed by atoms with van der Waals surface area (Å²) in [7, 11) is 0. The molecule has 0 spiro atoms. The van der Waals surface area contributed by atoms with E-state index in [0.717, 1.165) is 42.6 Å². The summed E-state index contributed by atoms with van der Waals surface area (Å²) in [6, 6.07) is 7.56. The van der Waals surface area contributed by atoms with Gasteiger partial charge in [0, 0.05) is 27.9 Å². The van der Waals surface area contributed by atoms with Gasteiger partial charge < -0.3 is 0 Å². The maximum atomic E-state index is 12.8. The monoisotopic (exact) mass is 372 g/mol. The van der Waals surface area contributed by atoms with Gasteiger partial charge in [0.2, 0.25) is 0 Å². The Balaban J connectivity index is 1.76. The Morgan fingerprint density at radius 3 is 2.72 bits per heavy atom. The van der Waals surface area contributed by atoms with E-state index in [1.807, 2.05) is 34.3 Å². The Kier molecular flexibility index (Phi) is 4.55. The van der Waals surface area contributed by atoms with Crippen LogP contribution in [0.5, 0.6) is 0 Å². The van der Waals surface area contributed by atoms with Gasteiger partial charge in [-0.05, 0) is 49.9 Å². The molecule has 0 fully saturated rings. The molecule has 7 heteroatoms. The number of hydrogen-bond acceptors (Lipinski definition) is 4. The van der Waals surface area contributed by atoms with Crippen molar-refractivity contribution in [1.29, 1.82) is 0 Å². The second kappa shape index (κ2) is 6.98. The summed E-state index contributed by atoms with van der Waals surface area (Å²) >= 11 is 7.40. The number of carbonyl (C=O) groups is 1. The minimum Gasteiger partial charge on any atom is -0.296 e. The van der Waals surface area contributed by atoms with Crippen LogP contribution in [0.25, 0.3) is 5.69 Å². The highest BCUT2D eigenvalue weighted by Crippen LogP contribution is 2.27. The molecular formula is C18H17ClN4OS. The van der Waals surface area contributed by atoms with Gasteiger partial charge in [-0.2, -0.15) is 5.10 Å². The maximum absolute atomic E-state index is 12.8. The second-order valence-corrected chi connectivity index (χ2v) is 7.35. The van der Waals surface area contributed by atoms with Crippen LogP contribution in [0.2, 0.25) is 5.02 Å². The van der Waals surface area contributed by atoms with E-state index in [1.54, 1.807) is 6.20 Å². The van der Waals surface area contributed by atoms with Gasteiger partial charge in [0.1, 0.15) is 0 Å². The van der Waals surface area contributed by atoms with Gasteiger partial charge >= 0.3 is 0 Å². The fourth-order valence-corrected chi connectivity index (χ4v) is 3.85. The molecule has 25 heavy (non-hydrogen) atoms. The predicted octanol–water partition coefficient (Wildman–Crippen LogP) is 4.50. The minimum absolute atomic E-state index is 0.194. The standard InChI is InChI=1S/C18H17ClN4OS/c19-12-6-8-13(9-7-12)23-15-5-3-1-2-4-14(15)16(22-23)17(24)21-18-20-10-11-25-18/h6-11H,1-5H2,(H,20,21,24). The SMILES string of the molecule is O=C(Nc1nccs1)c1nn(-c2ccc(Cl)cc2)c2c1CCCCC2. The first-order valence-electron chi connectivity index (χ1n) is 8.30. The van der Waals surface area contributed by atoms with Crippen LogP contribution >= 0.6 is 22.9 Å². The molecule has 0 saturated heterocycles. The quantitative estimate of drug-likeness (QED) is 0.688. The first-order valence-corrected chi connectivity index (χ1v) is 9.55. The molecule has 1 amide bonds. The number of rotatable bonds is 3. The van der Waals surface area contributed by atoms with Gasteiger partial charge in [-0.1, -0.05) is 18.0 Å². The van der Waals surface area contributed by atoms with Crippen molar-refractivity contribution in [3.05, 3.63) is 57.8 Å². The van der Waals surface area contributed by atoms with Crippen LogP contribution < -0.4 is 5.32 Å². The zero-order valence-corrected chi connectivity index (χ0v) is 15.1. The maximum Gasteiger partial charge on any atom is 0.278 e. The van der Waals surface area contributed by atoms with Crippen LogP contribution in [0.15, 0.2) is 35.8 Å². The number of hydrogen-bond donors (Lipinski definition) is 1. The van der Waals surface area contributed by atoms with E-state index in [9.17, 15) is 4.79 Å². The number of benzene rings is 1. The molecule has 0 bridgehead atoms.